The molecule has 0 amide bonds. The summed E-state index contributed by atoms with van der Waals surface area (Å²) < 4.78 is 0. The molecule has 3 N–H and O–H groups in total. The Morgan fingerprint density at radius 2 is 2.14 bits per heavy atom. The molecule has 7 nitrogen and oxygen atoms in total. The second kappa shape index (κ2) is 5.09. The van der Waals surface area contributed by atoms with Crippen molar-refractivity contribution in [2.75, 3.05) is 17.7 Å². The van der Waals surface area contributed by atoms with Crippen LogP contribution in [-0.4, -0.2) is 27.2 Å². The first-order chi connectivity index (χ1) is 10.2. The van der Waals surface area contributed by atoms with Crippen molar-refractivity contribution in [2.24, 2.45) is 0 Å². The van der Waals surface area contributed by atoms with Gasteiger partial charge in [-0.1, -0.05) is 6.07 Å². The highest BCUT2D eigenvalue weighted by molar-refractivity contribution is 5.89. The minimum atomic E-state index is 0.489. The van der Waals surface area contributed by atoms with Gasteiger partial charge in [0, 0.05) is 12.7 Å². The first kappa shape index (κ1) is 12.9. The summed E-state index contributed by atoms with van der Waals surface area (Å²) in [4.78, 5) is 8.69. The van der Waals surface area contributed by atoms with Crippen molar-refractivity contribution in [3.63, 3.8) is 0 Å². The van der Waals surface area contributed by atoms with Gasteiger partial charge in [-0.3, -0.25) is 5.10 Å². The van der Waals surface area contributed by atoms with E-state index < -0.39 is 0 Å². The molecule has 0 fully saturated rings. The van der Waals surface area contributed by atoms with Crippen molar-refractivity contribution in [2.45, 2.75) is 6.92 Å². The maximum absolute atomic E-state index is 9.01. The zero-order valence-corrected chi connectivity index (χ0v) is 11.6. The van der Waals surface area contributed by atoms with Gasteiger partial charge in [0.25, 0.3) is 0 Å². The minimum absolute atomic E-state index is 0.489. The molecule has 0 aliphatic heterocycles. The van der Waals surface area contributed by atoms with Gasteiger partial charge in [0.2, 0.25) is 5.95 Å². The summed E-state index contributed by atoms with van der Waals surface area (Å²) in [6, 6.07) is 7.61. The van der Waals surface area contributed by atoms with Crippen LogP contribution in [0.3, 0.4) is 0 Å². The van der Waals surface area contributed by atoms with E-state index in [2.05, 4.69) is 36.9 Å². The summed E-state index contributed by atoms with van der Waals surface area (Å²) in [5.41, 5.74) is 3.09. The molecule has 0 aliphatic carbocycles. The Kier molecular flexibility index (Phi) is 3.12. The number of aryl methyl sites for hydroxylation is 1. The fourth-order valence-electron chi connectivity index (χ4n) is 2.00. The van der Waals surface area contributed by atoms with E-state index >= 15 is 0 Å². The predicted molar refractivity (Wildman–Crippen MR) is 80.4 cm³/mol. The molecular formula is C14H13N7. The Bertz CT molecular complexity index is 844. The van der Waals surface area contributed by atoms with Gasteiger partial charge in [-0.15, -0.1) is 0 Å². The molecular weight excluding hydrogens is 266 g/mol. The second-order valence-electron chi connectivity index (χ2n) is 4.54. The number of benzene rings is 1. The number of nitrogens with one attached hydrogen (secondary N) is 3. The quantitative estimate of drug-likeness (QED) is 0.680. The van der Waals surface area contributed by atoms with Crippen molar-refractivity contribution in [1.82, 2.24) is 20.2 Å². The lowest BCUT2D eigenvalue weighted by Gasteiger charge is -2.11. The number of aromatic nitrogens is 4. The largest absolute Gasteiger partial charge is 0.357 e. The third-order valence-corrected chi connectivity index (χ3v) is 3.15. The highest BCUT2D eigenvalue weighted by Gasteiger charge is 2.10. The molecule has 104 valence electrons. The third kappa shape index (κ3) is 2.34. The van der Waals surface area contributed by atoms with Crippen LogP contribution in [0.2, 0.25) is 0 Å². The first-order valence-corrected chi connectivity index (χ1v) is 6.38. The summed E-state index contributed by atoms with van der Waals surface area (Å²) in [6.45, 7) is 1.97. The van der Waals surface area contributed by atoms with Crippen LogP contribution in [-0.2, 0) is 0 Å². The molecule has 0 saturated heterocycles. The number of nitriles is 1. The molecule has 21 heavy (non-hydrogen) atoms. The molecule has 0 bridgehead atoms. The van der Waals surface area contributed by atoms with Gasteiger partial charge in [0.15, 0.2) is 5.65 Å². The Balaban J connectivity index is 2.09. The molecule has 3 aromatic rings. The highest BCUT2D eigenvalue weighted by Crippen LogP contribution is 2.26. The molecule has 0 aliphatic rings. The molecule has 2 aromatic heterocycles. The third-order valence-electron chi connectivity index (χ3n) is 3.15. The molecule has 7 heteroatoms. The number of H-pyrrole nitrogens is 1. The number of rotatable bonds is 3. The summed E-state index contributed by atoms with van der Waals surface area (Å²) in [7, 11) is 1.75. The smallest absolute Gasteiger partial charge is 0.226 e. The van der Waals surface area contributed by atoms with Crippen LogP contribution in [0.4, 0.5) is 17.5 Å². The van der Waals surface area contributed by atoms with Crippen molar-refractivity contribution in [3.05, 3.63) is 35.5 Å². The Morgan fingerprint density at radius 3 is 2.90 bits per heavy atom. The van der Waals surface area contributed by atoms with E-state index in [1.165, 1.54) is 0 Å². The fraction of sp³-hybridized carbons (Fsp3) is 0.143. The number of aromatic amines is 1. The molecule has 0 saturated carbocycles. The Morgan fingerprint density at radius 1 is 1.29 bits per heavy atom. The van der Waals surface area contributed by atoms with E-state index in [0.717, 1.165) is 16.6 Å². The van der Waals surface area contributed by atoms with Crippen LogP contribution in [0, 0.1) is 18.3 Å². The Hall–Kier alpha value is -3.14. The van der Waals surface area contributed by atoms with Gasteiger partial charge in [0.1, 0.15) is 5.82 Å². The zero-order chi connectivity index (χ0) is 14.8. The van der Waals surface area contributed by atoms with Crippen LogP contribution in [0.15, 0.2) is 24.4 Å². The number of fused-ring (bicyclic) bond motifs is 1. The van der Waals surface area contributed by atoms with Crippen LogP contribution in [0.5, 0.6) is 0 Å². The van der Waals surface area contributed by atoms with Crippen LogP contribution < -0.4 is 10.6 Å². The average Bonchev–Trinajstić information content (AvgIpc) is 2.98. The molecule has 1 aromatic carbocycles. The lowest BCUT2D eigenvalue weighted by Crippen LogP contribution is -2.02. The Labute approximate surface area is 121 Å². The van der Waals surface area contributed by atoms with E-state index in [0.29, 0.717) is 23.0 Å². The summed E-state index contributed by atoms with van der Waals surface area (Å²) in [5, 5.41) is 22.8. The lowest BCUT2D eigenvalue weighted by molar-refractivity contribution is 1.09. The van der Waals surface area contributed by atoms with Crippen LogP contribution in [0.1, 0.15) is 11.1 Å². The molecule has 0 spiro atoms. The highest BCUT2D eigenvalue weighted by atomic mass is 15.2. The van der Waals surface area contributed by atoms with E-state index in [1.54, 1.807) is 25.4 Å². The van der Waals surface area contributed by atoms with Gasteiger partial charge < -0.3 is 10.6 Å². The number of anilines is 3. The number of nitrogens with zero attached hydrogens (tertiary/aromatic N) is 4. The molecule has 0 radical (unpaired) electrons. The lowest BCUT2D eigenvalue weighted by atomic mass is 10.1. The summed E-state index contributed by atoms with van der Waals surface area (Å²) in [5.74, 6) is 1.12. The van der Waals surface area contributed by atoms with Gasteiger partial charge >= 0.3 is 0 Å². The molecule has 3 rings (SSSR count). The standard InChI is InChI=1S/C14H13N7/c1-8-3-4-9(6-15)5-11(8)18-12-10-7-17-21-13(10)20-14(16-2)19-12/h3-5,7H,1-2H3,(H3,16,17,18,19,20,21). The maximum atomic E-state index is 9.01. The summed E-state index contributed by atoms with van der Waals surface area (Å²) in [6.07, 6.45) is 1.67. The van der Waals surface area contributed by atoms with Gasteiger partial charge in [-0.05, 0) is 24.6 Å². The van der Waals surface area contributed by atoms with E-state index in [4.69, 9.17) is 5.26 Å². The first-order valence-electron chi connectivity index (χ1n) is 6.38. The van der Waals surface area contributed by atoms with Crippen molar-refractivity contribution < 1.29 is 0 Å². The summed E-state index contributed by atoms with van der Waals surface area (Å²) >= 11 is 0. The van der Waals surface area contributed by atoms with Crippen molar-refractivity contribution in [3.8, 4) is 6.07 Å². The van der Waals surface area contributed by atoms with Gasteiger partial charge in [-0.2, -0.15) is 20.3 Å². The zero-order valence-electron chi connectivity index (χ0n) is 11.6. The maximum Gasteiger partial charge on any atom is 0.226 e. The molecule has 2 heterocycles. The molecule has 0 unspecified atom stereocenters. The normalized spacial score (nSPS) is 10.3. The van der Waals surface area contributed by atoms with Crippen molar-refractivity contribution >= 4 is 28.5 Å². The van der Waals surface area contributed by atoms with Gasteiger partial charge in [-0.25, -0.2) is 0 Å². The number of hydrogen-bond acceptors (Lipinski definition) is 6. The average molecular weight is 279 g/mol. The van der Waals surface area contributed by atoms with Gasteiger partial charge in [0.05, 0.1) is 23.2 Å². The van der Waals surface area contributed by atoms with E-state index in [1.807, 2.05) is 13.0 Å². The van der Waals surface area contributed by atoms with Crippen molar-refractivity contribution in [1.29, 1.82) is 5.26 Å². The topological polar surface area (TPSA) is 102 Å². The van der Waals surface area contributed by atoms with E-state index in [9.17, 15) is 0 Å². The molecule has 0 atom stereocenters. The predicted octanol–water partition coefficient (Wildman–Crippen LogP) is 2.32. The number of hydrogen-bond donors (Lipinski definition) is 3. The fourth-order valence-corrected chi connectivity index (χ4v) is 2.00. The monoisotopic (exact) mass is 279 g/mol. The minimum Gasteiger partial charge on any atom is -0.357 e. The second-order valence-corrected chi connectivity index (χ2v) is 4.54. The van der Waals surface area contributed by atoms with Crippen LogP contribution >= 0.6 is 0 Å². The SMILES string of the molecule is CNc1nc(Nc2cc(C#N)ccc2C)c2cn[nH]c2n1. The van der Waals surface area contributed by atoms with Crippen LogP contribution in [0.25, 0.3) is 11.0 Å². The van der Waals surface area contributed by atoms with E-state index in [-0.39, 0.29) is 0 Å².